The van der Waals surface area contributed by atoms with Crippen molar-refractivity contribution in [1.29, 1.82) is 0 Å². The normalized spacial score (nSPS) is 17.0. The van der Waals surface area contributed by atoms with Crippen molar-refractivity contribution < 1.29 is 4.79 Å². The van der Waals surface area contributed by atoms with Crippen LogP contribution in [0.15, 0.2) is 48.5 Å². The first-order valence-electron chi connectivity index (χ1n) is 8.72. The van der Waals surface area contributed by atoms with E-state index in [-0.39, 0.29) is 11.8 Å². The first-order chi connectivity index (χ1) is 11.7. The van der Waals surface area contributed by atoms with Crippen molar-refractivity contribution in [2.24, 2.45) is 0 Å². The van der Waals surface area contributed by atoms with Gasteiger partial charge in [0.1, 0.15) is 0 Å². The zero-order valence-electron chi connectivity index (χ0n) is 14.2. The predicted molar refractivity (Wildman–Crippen MR) is 104 cm³/mol. The number of para-hydroxylation sites is 1. The summed E-state index contributed by atoms with van der Waals surface area (Å²) in [4.78, 5) is 15.2. The maximum Gasteiger partial charge on any atom is 0.234 e. The van der Waals surface area contributed by atoms with Crippen molar-refractivity contribution in [2.45, 2.75) is 38.5 Å². The molecule has 1 amide bonds. The van der Waals surface area contributed by atoms with Gasteiger partial charge in [-0.05, 0) is 43.4 Å². The van der Waals surface area contributed by atoms with Gasteiger partial charge < -0.3 is 4.90 Å². The molecule has 24 heavy (non-hydrogen) atoms. The van der Waals surface area contributed by atoms with Crippen LogP contribution in [0, 0.1) is 6.92 Å². The third-order valence-electron chi connectivity index (χ3n) is 4.73. The second-order valence-corrected chi connectivity index (χ2v) is 7.33. The average molecular weight is 386 g/mol. The Kier molecular flexibility index (Phi) is 5.72. The first kappa shape index (κ1) is 17.2. The molecule has 1 aliphatic heterocycles. The fourth-order valence-corrected chi connectivity index (χ4v) is 3.88. The molecule has 126 valence electrons. The summed E-state index contributed by atoms with van der Waals surface area (Å²) in [5, 5.41) is 1.03. The van der Waals surface area contributed by atoms with E-state index in [9.17, 15) is 4.79 Å². The topological polar surface area (TPSA) is 20.3 Å². The van der Waals surface area contributed by atoms with Crippen LogP contribution in [-0.4, -0.2) is 17.8 Å². The van der Waals surface area contributed by atoms with Gasteiger partial charge in [-0.25, -0.2) is 0 Å². The van der Waals surface area contributed by atoms with Gasteiger partial charge in [0.25, 0.3) is 0 Å². The van der Waals surface area contributed by atoms with E-state index in [1.54, 1.807) is 0 Å². The molecule has 3 rings (SSSR count). The predicted octanol–water partition coefficient (Wildman–Crippen LogP) is 5.23. The van der Waals surface area contributed by atoms with Gasteiger partial charge in [-0.3, -0.25) is 4.79 Å². The Hall–Kier alpha value is -1.61. The van der Waals surface area contributed by atoms with E-state index < -0.39 is 0 Å². The van der Waals surface area contributed by atoms with E-state index in [2.05, 4.69) is 65.3 Å². The lowest BCUT2D eigenvalue weighted by Gasteiger charge is -2.34. The van der Waals surface area contributed by atoms with Crippen molar-refractivity contribution in [3.8, 4) is 0 Å². The number of alkyl halides is 1. The Bertz CT molecular complexity index is 712. The van der Waals surface area contributed by atoms with Crippen LogP contribution in [0.5, 0.6) is 0 Å². The lowest BCUT2D eigenvalue weighted by molar-refractivity contribution is -0.120. The highest BCUT2D eigenvalue weighted by Crippen LogP contribution is 2.35. The maximum absolute atomic E-state index is 13.2. The third-order valence-corrected chi connectivity index (χ3v) is 5.29. The summed E-state index contributed by atoms with van der Waals surface area (Å²) in [5.41, 5.74) is 4.73. The van der Waals surface area contributed by atoms with Crippen LogP contribution < -0.4 is 4.90 Å². The number of amides is 1. The molecule has 2 aromatic carbocycles. The molecule has 0 bridgehead atoms. The molecule has 3 heteroatoms. The quantitative estimate of drug-likeness (QED) is 0.492. The molecule has 0 aromatic heterocycles. The largest absolute Gasteiger partial charge is 0.312 e. The minimum absolute atomic E-state index is 0.0593. The summed E-state index contributed by atoms with van der Waals surface area (Å²) in [6.07, 6.45) is 4.15. The van der Waals surface area contributed by atoms with Crippen LogP contribution in [0.3, 0.4) is 0 Å². The molecule has 2 aromatic rings. The van der Waals surface area contributed by atoms with Crippen LogP contribution >= 0.6 is 15.9 Å². The molecular formula is C21H24BrNO. The molecule has 1 atom stereocenters. The smallest absolute Gasteiger partial charge is 0.234 e. The van der Waals surface area contributed by atoms with Gasteiger partial charge in [0, 0.05) is 17.6 Å². The monoisotopic (exact) mass is 385 g/mol. The molecule has 1 aliphatic rings. The number of hydrogen-bond donors (Lipinski definition) is 0. The summed E-state index contributed by atoms with van der Waals surface area (Å²) in [5.74, 6) is 0.189. The van der Waals surface area contributed by atoms with Crippen LogP contribution in [0.1, 0.15) is 41.9 Å². The molecule has 0 saturated carbocycles. The number of carbonyl (C=O) groups is 1. The minimum Gasteiger partial charge on any atom is -0.312 e. The number of halogens is 1. The van der Waals surface area contributed by atoms with Crippen LogP contribution in [0.25, 0.3) is 0 Å². The number of fused-ring (bicyclic) bond motifs is 1. The molecule has 0 fully saturated rings. The van der Waals surface area contributed by atoms with Gasteiger partial charge in [-0.2, -0.15) is 0 Å². The van der Waals surface area contributed by atoms with Gasteiger partial charge in [0.05, 0.1) is 5.92 Å². The number of anilines is 1. The molecule has 0 N–H and O–H groups in total. The Balaban J connectivity index is 1.88. The number of rotatable bonds is 6. The number of nitrogens with zero attached hydrogens (tertiary/aromatic N) is 1. The number of aryl methyl sites for hydroxylation is 1. The zero-order chi connectivity index (χ0) is 16.9. The molecule has 0 spiro atoms. The first-order valence-corrected chi connectivity index (χ1v) is 9.84. The number of carbonyl (C=O) groups excluding carboxylic acids is 1. The fraction of sp³-hybridized carbons (Fsp3) is 0.381. The summed E-state index contributed by atoms with van der Waals surface area (Å²) >= 11 is 3.48. The van der Waals surface area contributed by atoms with Crippen molar-refractivity contribution in [3.63, 3.8) is 0 Å². The molecule has 0 aliphatic carbocycles. The maximum atomic E-state index is 13.2. The summed E-state index contributed by atoms with van der Waals surface area (Å²) < 4.78 is 0. The Morgan fingerprint density at radius 3 is 2.71 bits per heavy atom. The number of benzene rings is 2. The average Bonchev–Trinajstić information content (AvgIpc) is 2.60. The molecule has 0 saturated heterocycles. The van der Waals surface area contributed by atoms with Crippen molar-refractivity contribution in [1.82, 2.24) is 0 Å². The number of hydrogen-bond acceptors (Lipinski definition) is 1. The Morgan fingerprint density at radius 2 is 1.92 bits per heavy atom. The van der Waals surface area contributed by atoms with E-state index in [4.69, 9.17) is 0 Å². The highest BCUT2D eigenvalue weighted by Gasteiger charge is 2.33. The second kappa shape index (κ2) is 7.98. The van der Waals surface area contributed by atoms with Crippen LogP contribution in [0.2, 0.25) is 0 Å². The second-order valence-electron chi connectivity index (χ2n) is 6.54. The standard InChI is InChI=1S/C21H24BrNO/c1-16-8-7-10-17(14-16)19-15-18-9-3-4-11-20(18)23(21(19)24)13-6-2-5-12-22/h3-4,7-11,14,19H,2,5-6,12-13,15H2,1H3. The lowest BCUT2D eigenvalue weighted by atomic mass is 9.85. The molecule has 1 heterocycles. The van der Waals surface area contributed by atoms with Crippen LogP contribution in [0.4, 0.5) is 5.69 Å². The number of unbranched alkanes of at least 4 members (excludes halogenated alkanes) is 2. The van der Waals surface area contributed by atoms with E-state index >= 15 is 0 Å². The van der Waals surface area contributed by atoms with E-state index in [1.165, 1.54) is 11.1 Å². The Labute approximate surface area is 153 Å². The Morgan fingerprint density at radius 1 is 1.08 bits per heavy atom. The summed E-state index contributed by atoms with van der Waals surface area (Å²) in [7, 11) is 0. The van der Waals surface area contributed by atoms with Gasteiger partial charge in [-0.15, -0.1) is 0 Å². The van der Waals surface area contributed by atoms with Crippen molar-refractivity contribution >= 4 is 27.5 Å². The zero-order valence-corrected chi connectivity index (χ0v) is 15.8. The van der Waals surface area contributed by atoms with Gasteiger partial charge in [0.15, 0.2) is 0 Å². The molecule has 0 radical (unpaired) electrons. The highest BCUT2D eigenvalue weighted by atomic mass is 79.9. The molecule has 1 unspecified atom stereocenters. The summed E-state index contributed by atoms with van der Waals surface area (Å²) in [6, 6.07) is 16.7. The van der Waals surface area contributed by atoms with E-state index in [1.807, 2.05) is 11.0 Å². The van der Waals surface area contributed by atoms with E-state index in [0.29, 0.717) is 0 Å². The van der Waals surface area contributed by atoms with E-state index in [0.717, 1.165) is 48.8 Å². The van der Waals surface area contributed by atoms with Gasteiger partial charge in [0.2, 0.25) is 5.91 Å². The molecule has 2 nitrogen and oxygen atoms in total. The van der Waals surface area contributed by atoms with Crippen LogP contribution in [-0.2, 0) is 11.2 Å². The van der Waals surface area contributed by atoms with Crippen molar-refractivity contribution in [2.75, 3.05) is 16.8 Å². The SMILES string of the molecule is Cc1cccc(C2Cc3ccccc3N(CCCCCBr)C2=O)c1. The molecular weight excluding hydrogens is 362 g/mol. The summed E-state index contributed by atoms with van der Waals surface area (Å²) in [6.45, 7) is 2.90. The van der Waals surface area contributed by atoms with Crippen molar-refractivity contribution in [3.05, 3.63) is 65.2 Å². The highest BCUT2D eigenvalue weighted by molar-refractivity contribution is 9.09. The lowest BCUT2D eigenvalue weighted by Crippen LogP contribution is -2.40. The van der Waals surface area contributed by atoms with Gasteiger partial charge in [-0.1, -0.05) is 70.4 Å². The third kappa shape index (κ3) is 3.72. The van der Waals surface area contributed by atoms with Gasteiger partial charge >= 0.3 is 0 Å². The fourth-order valence-electron chi connectivity index (χ4n) is 3.48. The minimum atomic E-state index is -0.0593.